The van der Waals surface area contributed by atoms with Crippen LogP contribution in [0.4, 0.5) is 8.78 Å². The quantitative estimate of drug-likeness (QED) is 0.340. The summed E-state index contributed by atoms with van der Waals surface area (Å²) in [6.07, 6.45) is 3.48. The van der Waals surface area contributed by atoms with Crippen molar-refractivity contribution in [1.29, 1.82) is 0 Å². The van der Waals surface area contributed by atoms with E-state index in [4.69, 9.17) is 9.15 Å². The molecule has 34 heavy (non-hydrogen) atoms. The molecule has 0 bridgehead atoms. The average Bonchev–Trinajstić information content (AvgIpc) is 3.40. The molecule has 0 N–H and O–H groups in total. The number of likely N-dealkylation sites (tertiary alicyclic amines) is 1. The summed E-state index contributed by atoms with van der Waals surface area (Å²) in [6.45, 7) is -2.07. The molecule has 6 rings (SSSR count). The number of pyridine rings is 2. The lowest BCUT2D eigenvalue weighted by molar-refractivity contribution is -0.128. The molecule has 0 spiro atoms. The van der Waals surface area contributed by atoms with E-state index < -0.39 is 6.61 Å². The lowest BCUT2D eigenvalue weighted by Crippen LogP contribution is -2.24. The molecule has 0 aliphatic carbocycles. The molecule has 1 aliphatic rings. The first kappa shape index (κ1) is 20.5. The Kier molecular flexibility index (Phi) is 4.86. The van der Waals surface area contributed by atoms with Gasteiger partial charge in [0.05, 0.1) is 24.0 Å². The summed E-state index contributed by atoms with van der Waals surface area (Å²) >= 11 is 0. The van der Waals surface area contributed by atoms with Crippen LogP contribution >= 0.6 is 0 Å². The van der Waals surface area contributed by atoms with Gasteiger partial charge in [-0.2, -0.15) is 8.78 Å². The van der Waals surface area contributed by atoms with Crippen molar-refractivity contribution in [2.45, 2.75) is 25.5 Å². The zero-order valence-corrected chi connectivity index (χ0v) is 17.9. The van der Waals surface area contributed by atoms with Gasteiger partial charge >= 0.3 is 6.61 Å². The number of carbonyl (C=O) groups excluding carboxylic acids is 1. The maximum absolute atomic E-state index is 13.0. The van der Waals surface area contributed by atoms with Crippen LogP contribution in [0.1, 0.15) is 23.6 Å². The minimum absolute atomic E-state index is 0.0236. The van der Waals surface area contributed by atoms with Crippen LogP contribution in [0.2, 0.25) is 0 Å². The van der Waals surface area contributed by atoms with E-state index >= 15 is 0 Å². The summed E-state index contributed by atoms with van der Waals surface area (Å²) in [6, 6.07) is 16.8. The first-order valence-electron chi connectivity index (χ1n) is 10.9. The third-order valence-electron chi connectivity index (χ3n) is 6.30. The first-order chi connectivity index (χ1) is 16.6. The Balaban J connectivity index is 1.35. The normalized spacial score (nSPS) is 16.4. The predicted octanol–water partition coefficient (Wildman–Crippen LogP) is 5.65. The van der Waals surface area contributed by atoms with Crippen molar-refractivity contribution >= 4 is 38.7 Å². The first-order valence-corrected chi connectivity index (χ1v) is 10.9. The van der Waals surface area contributed by atoms with Crippen LogP contribution in [0.5, 0.6) is 5.75 Å². The molecule has 3 aromatic heterocycles. The molecule has 6 nitrogen and oxygen atoms in total. The van der Waals surface area contributed by atoms with Crippen LogP contribution in [0.3, 0.4) is 0 Å². The fourth-order valence-corrected chi connectivity index (χ4v) is 4.79. The van der Waals surface area contributed by atoms with E-state index in [0.717, 1.165) is 27.5 Å². The highest BCUT2D eigenvalue weighted by molar-refractivity contribution is 6.08. The smallest absolute Gasteiger partial charge is 0.387 e. The minimum Gasteiger partial charge on any atom is -0.451 e. The number of amides is 1. The maximum Gasteiger partial charge on any atom is 0.387 e. The standard InChI is InChI=1S/C26H19F2N3O3/c27-26(28)34-21-8-7-18(24-19-9-10-29-12-22(19)33-25(21)24)16-11-23(32)31(13-16)14-17-6-5-15-3-1-2-4-20(15)30-17/h1-10,12,16,26H,11,13-14H2. The van der Waals surface area contributed by atoms with E-state index in [1.807, 2.05) is 36.4 Å². The summed E-state index contributed by atoms with van der Waals surface area (Å²) in [5.41, 5.74) is 3.29. The van der Waals surface area contributed by atoms with Crippen LogP contribution in [0, 0.1) is 0 Å². The molecule has 2 aromatic carbocycles. The van der Waals surface area contributed by atoms with Gasteiger partial charge in [0.1, 0.15) is 0 Å². The molecule has 1 atom stereocenters. The van der Waals surface area contributed by atoms with Gasteiger partial charge in [-0.05, 0) is 29.8 Å². The third-order valence-corrected chi connectivity index (χ3v) is 6.30. The maximum atomic E-state index is 13.0. The second-order valence-electron chi connectivity index (χ2n) is 8.38. The molecule has 1 saturated heterocycles. The van der Waals surface area contributed by atoms with E-state index in [0.29, 0.717) is 30.5 Å². The third kappa shape index (κ3) is 3.51. The summed E-state index contributed by atoms with van der Waals surface area (Å²) in [7, 11) is 0. The molecule has 1 amide bonds. The van der Waals surface area contributed by atoms with E-state index in [1.54, 1.807) is 29.4 Å². The second kappa shape index (κ2) is 8.06. The van der Waals surface area contributed by atoms with E-state index in [2.05, 4.69) is 9.97 Å². The number of hydrogen-bond donors (Lipinski definition) is 0. The second-order valence-corrected chi connectivity index (χ2v) is 8.38. The van der Waals surface area contributed by atoms with Crippen molar-refractivity contribution in [3.63, 3.8) is 0 Å². The van der Waals surface area contributed by atoms with Crippen LogP contribution in [0.15, 0.2) is 71.4 Å². The fourth-order valence-electron chi connectivity index (χ4n) is 4.79. The summed E-state index contributed by atoms with van der Waals surface area (Å²) < 4.78 is 36.5. The predicted molar refractivity (Wildman–Crippen MR) is 123 cm³/mol. The number of fused-ring (bicyclic) bond motifs is 4. The number of ether oxygens (including phenoxy) is 1. The molecule has 4 heterocycles. The SMILES string of the molecule is O=C1CC(c2ccc(OC(F)F)c3oc4cnccc4c23)CN1Cc1ccc2ccccc2n1. The molecule has 0 radical (unpaired) electrons. The Morgan fingerprint density at radius 1 is 1.12 bits per heavy atom. The van der Waals surface area contributed by atoms with Gasteiger partial charge in [0.2, 0.25) is 5.91 Å². The van der Waals surface area contributed by atoms with Crippen LogP contribution in [-0.4, -0.2) is 33.9 Å². The average molecular weight is 459 g/mol. The van der Waals surface area contributed by atoms with Crippen molar-refractivity contribution < 1.29 is 22.7 Å². The number of hydrogen-bond acceptors (Lipinski definition) is 5. The molecule has 170 valence electrons. The number of carbonyl (C=O) groups is 1. The van der Waals surface area contributed by atoms with E-state index in [-0.39, 0.29) is 23.2 Å². The topological polar surface area (TPSA) is 68.5 Å². The van der Waals surface area contributed by atoms with Crippen molar-refractivity contribution in [2.24, 2.45) is 0 Å². The van der Waals surface area contributed by atoms with Gasteiger partial charge in [0.25, 0.3) is 0 Å². The number of halogens is 2. The minimum atomic E-state index is -2.97. The van der Waals surface area contributed by atoms with Gasteiger partial charge in [0.15, 0.2) is 16.9 Å². The number of rotatable bonds is 5. The van der Waals surface area contributed by atoms with Gasteiger partial charge in [-0.1, -0.05) is 30.3 Å². The summed E-state index contributed by atoms with van der Waals surface area (Å²) in [4.78, 5) is 23.5. The van der Waals surface area contributed by atoms with Crippen molar-refractivity contribution in [1.82, 2.24) is 14.9 Å². The van der Waals surface area contributed by atoms with Gasteiger partial charge in [-0.15, -0.1) is 0 Å². The lowest BCUT2D eigenvalue weighted by atomic mass is 9.93. The Morgan fingerprint density at radius 3 is 2.88 bits per heavy atom. The molecule has 1 unspecified atom stereocenters. The monoisotopic (exact) mass is 459 g/mol. The molecule has 1 fully saturated rings. The fraction of sp³-hybridized carbons (Fsp3) is 0.192. The van der Waals surface area contributed by atoms with Crippen molar-refractivity contribution in [2.75, 3.05) is 6.54 Å². The van der Waals surface area contributed by atoms with Crippen molar-refractivity contribution in [3.05, 3.63) is 78.2 Å². The Labute approximate surface area is 192 Å². The van der Waals surface area contributed by atoms with Crippen LogP contribution in [0.25, 0.3) is 32.8 Å². The highest BCUT2D eigenvalue weighted by atomic mass is 19.3. The van der Waals surface area contributed by atoms with Crippen LogP contribution in [-0.2, 0) is 11.3 Å². The molecular weight excluding hydrogens is 440 g/mol. The highest BCUT2D eigenvalue weighted by Gasteiger charge is 2.33. The van der Waals surface area contributed by atoms with Gasteiger partial charge in [0, 0.05) is 41.2 Å². The number of para-hydroxylation sites is 1. The lowest BCUT2D eigenvalue weighted by Gasteiger charge is -2.17. The van der Waals surface area contributed by atoms with Crippen molar-refractivity contribution in [3.8, 4) is 5.75 Å². The molecule has 1 aliphatic heterocycles. The summed E-state index contributed by atoms with van der Waals surface area (Å²) in [5, 5.41) is 2.48. The Bertz CT molecular complexity index is 1550. The number of aromatic nitrogens is 2. The Hall–Kier alpha value is -4.07. The molecule has 8 heteroatoms. The van der Waals surface area contributed by atoms with E-state index in [9.17, 15) is 13.6 Å². The summed E-state index contributed by atoms with van der Waals surface area (Å²) in [5.74, 6) is -0.132. The highest BCUT2D eigenvalue weighted by Crippen LogP contribution is 2.42. The molecule has 5 aromatic rings. The van der Waals surface area contributed by atoms with E-state index in [1.165, 1.54) is 6.07 Å². The largest absolute Gasteiger partial charge is 0.451 e. The van der Waals surface area contributed by atoms with Gasteiger partial charge in [-0.3, -0.25) is 14.8 Å². The number of benzene rings is 2. The number of nitrogens with zero attached hydrogens (tertiary/aromatic N) is 3. The Morgan fingerprint density at radius 2 is 2.00 bits per heavy atom. The van der Waals surface area contributed by atoms with Crippen LogP contribution < -0.4 is 4.74 Å². The molecule has 0 saturated carbocycles. The molecular formula is C26H19F2N3O3. The zero-order valence-electron chi connectivity index (χ0n) is 17.9. The number of furan rings is 1. The van der Waals surface area contributed by atoms with Gasteiger partial charge < -0.3 is 14.1 Å². The van der Waals surface area contributed by atoms with Gasteiger partial charge in [-0.25, -0.2) is 0 Å². The zero-order chi connectivity index (χ0) is 23.2. The number of alkyl halides is 2.